The van der Waals surface area contributed by atoms with Gasteiger partial charge in [-0.2, -0.15) is 13.2 Å². The lowest BCUT2D eigenvalue weighted by Gasteiger charge is -2.26. The monoisotopic (exact) mass is 435 g/mol. The molecule has 6 nitrogen and oxygen atoms in total. The number of H-pyrrole nitrogens is 1. The van der Waals surface area contributed by atoms with Gasteiger partial charge in [0.15, 0.2) is 0 Å². The number of alkyl halides is 3. The van der Waals surface area contributed by atoms with E-state index in [9.17, 15) is 28.2 Å². The number of aliphatic hydroxyl groups excluding tert-OH is 1. The van der Waals surface area contributed by atoms with Gasteiger partial charge in [0, 0.05) is 24.2 Å². The van der Waals surface area contributed by atoms with Crippen LogP contribution in [0.4, 0.5) is 13.2 Å². The van der Waals surface area contributed by atoms with E-state index in [4.69, 9.17) is 0 Å². The van der Waals surface area contributed by atoms with Crippen LogP contribution in [0, 0.1) is 0 Å². The van der Waals surface area contributed by atoms with E-state index in [2.05, 4.69) is 10.3 Å². The average Bonchev–Trinajstić information content (AvgIpc) is 2.96. The summed E-state index contributed by atoms with van der Waals surface area (Å²) in [6, 6.07) is 8.53. The number of hydrogen-bond acceptors (Lipinski definition) is 4. The molecule has 1 aromatic heterocycles. The van der Waals surface area contributed by atoms with Crippen LogP contribution in [0.2, 0.25) is 0 Å². The van der Waals surface area contributed by atoms with Gasteiger partial charge in [-0.25, -0.2) is 4.79 Å². The fraction of sp³-hybridized carbons (Fsp3) is 0.409. The Morgan fingerprint density at radius 1 is 1.29 bits per heavy atom. The Hall–Kier alpha value is -2.78. The number of rotatable bonds is 5. The maximum atomic E-state index is 13.0. The van der Waals surface area contributed by atoms with Crippen molar-refractivity contribution >= 4 is 11.0 Å². The number of aromatic hydroxyl groups is 1. The molecule has 0 saturated heterocycles. The van der Waals surface area contributed by atoms with Crippen LogP contribution in [-0.4, -0.2) is 31.8 Å². The number of nitrogens with zero attached hydrogens (tertiary/aromatic N) is 1. The number of halogens is 3. The third-order valence-electron chi connectivity index (χ3n) is 5.92. The lowest BCUT2D eigenvalue weighted by molar-refractivity contribution is -0.138. The number of para-hydroxylation sites is 1. The molecule has 2 heterocycles. The first-order valence-corrected chi connectivity index (χ1v) is 10.2. The number of benzene rings is 2. The van der Waals surface area contributed by atoms with Crippen LogP contribution in [0.5, 0.6) is 5.75 Å². The average molecular weight is 435 g/mol. The van der Waals surface area contributed by atoms with Crippen LogP contribution in [0.25, 0.3) is 11.0 Å². The van der Waals surface area contributed by atoms with Crippen molar-refractivity contribution in [3.8, 4) is 5.75 Å². The van der Waals surface area contributed by atoms with E-state index in [0.717, 1.165) is 12.1 Å². The Morgan fingerprint density at radius 3 is 2.81 bits per heavy atom. The summed E-state index contributed by atoms with van der Waals surface area (Å²) in [7, 11) is 0. The molecule has 1 aliphatic rings. The second kappa shape index (κ2) is 8.05. The molecule has 0 spiro atoms. The summed E-state index contributed by atoms with van der Waals surface area (Å²) < 4.78 is 40.6. The molecule has 0 amide bonds. The number of aryl methyl sites for hydroxylation is 2. The van der Waals surface area contributed by atoms with Gasteiger partial charge in [0.25, 0.3) is 0 Å². The van der Waals surface area contributed by atoms with Crippen LogP contribution in [0.15, 0.2) is 41.2 Å². The lowest BCUT2D eigenvalue weighted by atomic mass is 9.97. The summed E-state index contributed by atoms with van der Waals surface area (Å²) in [5.41, 5.74) is 1.30. The predicted octanol–water partition coefficient (Wildman–Crippen LogP) is 3.47. The molecule has 4 rings (SSSR count). The molecule has 3 atom stereocenters. The molecular weight excluding hydrogens is 411 g/mol. The second-order valence-electron chi connectivity index (χ2n) is 8.12. The van der Waals surface area contributed by atoms with Gasteiger partial charge in [-0.05, 0) is 49.9 Å². The second-order valence-corrected chi connectivity index (χ2v) is 8.12. The van der Waals surface area contributed by atoms with Crippen LogP contribution >= 0.6 is 0 Å². The summed E-state index contributed by atoms with van der Waals surface area (Å²) in [5.74, 6) is -0.780. The number of hydrogen-bond donors (Lipinski definition) is 4. The van der Waals surface area contributed by atoms with Crippen molar-refractivity contribution in [2.45, 2.75) is 57.1 Å². The lowest BCUT2D eigenvalue weighted by Crippen LogP contribution is -2.41. The highest BCUT2D eigenvalue weighted by atomic mass is 19.4. The topological polar surface area (TPSA) is 90.3 Å². The largest absolute Gasteiger partial charge is 0.507 e. The maximum absolute atomic E-state index is 13.0. The van der Waals surface area contributed by atoms with Gasteiger partial charge < -0.3 is 20.5 Å². The Bertz CT molecular complexity index is 1150. The molecule has 0 saturated carbocycles. The number of phenols is 1. The van der Waals surface area contributed by atoms with Crippen molar-refractivity contribution in [1.29, 1.82) is 0 Å². The van der Waals surface area contributed by atoms with E-state index in [1.807, 2.05) is 6.92 Å². The molecule has 166 valence electrons. The van der Waals surface area contributed by atoms with Gasteiger partial charge in [-0.1, -0.05) is 18.2 Å². The van der Waals surface area contributed by atoms with Crippen LogP contribution in [0.3, 0.4) is 0 Å². The molecule has 2 aromatic carbocycles. The molecule has 0 radical (unpaired) electrons. The highest BCUT2D eigenvalue weighted by Gasteiger charge is 2.34. The first-order valence-electron chi connectivity index (χ1n) is 10.2. The molecule has 0 bridgehead atoms. The van der Waals surface area contributed by atoms with Crippen molar-refractivity contribution in [3.05, 3.63) is 63.6 Å². The van der Waals surface area contributed by atoms with Gasteiger partial charge >= 0.3 is 11.9 Å². The Balaban J connectivity index is 1.45. The van der Waals surface area contributed by atoms with Crippen molar-refractivity contribution < 1.29 is 23.4 Å². The molecule has 0 fully saturated rings. The van der Waals surface area contributed by atoms with Gasteiger partial charge in [-0.15, -0.1) is 0 Å². The quantitative estimate of drug-likeness (QED) is 0.494. The predicted molar refractivity (Wildman–Crippen MR) is 110 cm³/mol. The van der Waals surface area contributed by atoms with Gasteiger partial charge in [0.1, 0.15) is 5.75 Å². The van der Waals surface area contributed by atoms with Crippen LogP contribution in [0.1, 0.15) is 42.6 Å². The molecule has 31 heavy (non-hydrogen) atoms. The Labute approximate surface area is 176 Å². The van der Waals surface area contributed by atoms with Crippen LogP contribution in [-0.2, 0) is 19.1 Å². The molecular formula is C22H24F3N3O3. The fourth-order valence-corrected chi connectivity index (χ4v) is 4.31. The minimum Gasteiger partial charge on any atom is -0.507 e. The van der Waals surface area contributed by atoms with Crippen molar-refractivity contribution in [1.82, 2.24) is 14.9 Å². The molecule has 9 heteroatoms. The van der Waals surface area contributed by atoms with E-state index in [0.29, 0.717) is 48.0 Å². The Morgan fingerprint density at radius 2 is 2.06 bits per heavy atom. The van der Waals surface area contributed by atoms with Gasteiger partial charge in [0.05, 0.1) is 22.7 Å². The molecule has 3 aromatic rings. The van der Waals surface area contributed by atoms with Crippen molar-refractivity contribution in [2.75, 3.05) is 0 Å². The van der Waals surface area contributed by atoms with E-state index >= 15 is 0 Å². The number of nitrogens with one attached hydrogen (secondary N) is 2. The normalized spacial score (nSPS) is 20.0. The summed E-state index contributed by atoms with van der Waals surface area (Å²) >= 11 is 0. The zero-order valence-electron chi connectivity index (χ0n) is 16.9. The highest BCUT2D eigenvalue weighted by molar-refractivity contribution is 5.79. The van der Waals surface area contributed by atoms with E-state index in [1.165, 1.54) is 6.07 Å². The minimum absolute atomic E-state index is 0.0854. The van der Waals surface area contributed by atoms with Crippen LogP contribution < -0.4 is 11.0 Å². The first kappa shape index (κ1) is 21.5. The van der Waals surface area contributed by atoms with E-state index in [-0.39, 0.29) is 17.8 Å². The minimum atomic E-state index is -4.61. The molecule has 0 aliphatic carbocycles. The molecule has 1 aliphatic heterocycles. The number of aromatic amines is 1. The maximum Gasteiger partial charge on any atom is 0.419 e. The summed E-state index contributed by atoms with van der Waals surface area (Å²) in [6.45, 7) is 2.36. The van der Waals surface area contributed by atoms with Crippen molar-refractivity contribution in [3.63, 3.8) is 0 Å². The SMILES string of the molecule is CC(CCc1ccc(O)c(C(F)(F)F)c1)NC1CCn2c(=O)[nH]c3cccc(c32)C1O. The zero-order valence-corrected chi connectivity index (χ0v) is 16.9. The third kappa shape index (κ3) is 4.20. The first-order chi connectivity index (χ1) is 14.6. The zero-order chi connectivity index (χ0) is 22.3. The fourth-order valence-electron chi connectivity index (χ4n) is 4.31. The van der Waals surface area contributed by atoms with Gasteiger partial charge in [0.2, 0.25) is 0 Å². The third-order valence-corrected chi connectivity index (χ3v) is 5.92. The number of aromatic nitrogens is 2. The highest BCUT2D eigenvalue weighted by Crippen LogP contribution is 2.36. The smallest absolute Gasteiger partial charge is 0.419 e. The summed E-state index contributed by atoms with van der Waals surface area (Å²) in [6.07, 6.45) is -3.97. The van der Waals surface area contributed by atoms with E-state index < -0.39 is 23.6 Å². The van der Waals surface area contributed by atoms with E-state index in [1.54, 1.807) is 22.8 Å². The Kier molecular flexibility index (Phi) is 5.57. The van der Waals surface area contributed by atoms with Gasteiger partial charge in [-0.3, -0.25) is 4.57 Å². The number of imidazole rings is 1. The standard InChI is InChI=1S/C22H24F3N3O3/c1-12(5-6-13-7-8-18(29)15(11-13)22(23,24)25)26-17-9-10-28-19-14(20(17)30)3-2-4-16(19)27-21(28)31/h2-4,7-8,11-12,17,20,26,29-30H,5-6,9-10H2,1H3,(H,27,31). The number of aliphatic hydroxyl groups is 1. The summed E-state index contributed by atoms with van der Waals surface area (Å²) in [4.78, 5) is 15.0. The molecule has 3 unspecified atom stereocenters. The number of phenolic OH excluding ortho intramolecular Hbond substituents is 1. The van der Waals surface area contributed by atoms with Crippen molar-refractivity contribution in [2.24, 2.45) is 0 Å². The summed E-state index contributed by atoms with van der Waals surface area (Å²) in [5, 5.41) is 23.8. The molecule has 4 N–H and O–H groups in total.